The summed E-state index contributed by atoms with van der Waals surface area (Å²) in [6.07, 6.45) is 0. The number of alkyl halides is 3. The molecule has 0 fully saturated rings. The molecule has 0 unspecified atom stereocenters. The molecule has 0 aliphatic rings. The van der Waals surface area contributed by atoms with Gasteiger partial charge in [-0.25, -0.2) is 8.42 Å². The highest BCUT2D eigenvalue weighted by atomic mass is 32.2. The van der Waals surface area contributed by atoms with Gasteiger partial charge in [-0.2, -0.15) is 13.2 Å². The minimum atomic E-state index is -4.43. The van der Waals surface area contributed by atoms with Crippen LogP contribution in [-0.4, -0.2) is 13.9 Å². The molecule has 0 aliphatic carbocycles. The van der Waals surface area contributed by atoms with Crippen LogP contribution in [0.1, 0.15) is 25.3 Å². The van der Waals surface area contributed by atoms with Gasteiger partial charge in [0.05, 0.1) is 4.90 Å². The molecule has 0 saturated carbocycles. The van der Waals surface area contributed by atoms with Gasteiger partial charge in [0.15, 0.2) is 0 Å². The highest BCUT2D eigenvalue weighted by Gasteiger charge is 2.29. The molecule has 0 radical (unpaired) electrons. The Morgan fingerprint density at radius 1 is 1.04 bits per heavy atom. The summed E-state index contributed by atoms with van der Waals surface area (Å²) in [4.78, 5) is -0.0290. The zero-order valence-electron chi connectivity index (χ0n) is 13.0. The highest BCUT2D eigenvalue weighted by Crippen LogP contribution is 2.37. The number of anilines is 1. The van der Waals surface area contributed by atoms with Crippen molar-refractivity contribution in [3.63, 3.8) is 0 Å². The first-order valence-electron chi connectivity index (χ1n) is 7.05. The maximum atomic E-state index is 12.4. The Labute approximate surface area is 143 Å². The Morgan fingerprint density at radius 3 is 2.21 bits per heavy atom. The van der Waals surface area contributed by atoms with E-state index in [-0.39, 0.29) is 33.2 Å². The topological polar surface area (TPSA) is 46.2 Å². The number of nitrogens with one attached hydrogen (secondary N) is 1. The first-order valence-corrected chi connectivity index (χ1v) is 9.35. The van der Waals surface area contributed by atoms with Gasteiger partial charge in [-0.15, -0.1) is 0 Å². The fraction of sp³-hybridized carbons (Fsp3) is 0.250. The molecular formula is C16H16F3NO2S2. The van der Waals surface area contributed by atoms with Crippen molar-refractivity contribution in [1.29, 1.82) is 0 Å². The predicted octanol–water partition coefficient (Wildman–Crippen LogP) is 5.22. The molecule has 0 heterocycles. The average molecular weight is 375 g/mol. The van der Waals surface area contributed by atoms with E-state index < -0.39 is 15.5 Å². The fourth-order valence-corrected chi connectivity index (χ4v) is 3.65. The van der Waals surface area contributed by atoms with E-state index in [9.17, 15) is 21.6 Å². The van der Waals surface area contributed by atoms with Crippen molar-refractivity contribution in [3.8, 4) is 0 Å². The lowest BCUT2D eigenvalue weighted by molar-refractivity contribution is -0.0328. The molecule has 2 aromatic carbocycles. The lowest BCUT2D eigenvalue weighted by Gasteiger charge is -2.11. The van der Waals surface area contributed by atoms with E-state index in [4.69, 9.17) is 0 Å². The Hall–Kier alpha value is -1.67. The van der Waals surface area contributed by atoms with Crippen molar-refractivity contribution in [3.05, 3.63) is 54.1 Å². The van der Waals surface area contributed by atoms with Gasteiger partial charge in [0, 0.05) is 10.6 Å². The molecule has 0 aliphatic heterocycles. The van der Waals surface area contributed by atoms with E-state index in [1.54, 1.807) is 12.1 Å². The number of hydrogen-bond acceptors (Lipinski definition) is 3. The van der Waals surface area contributed by atoms with Crippen LogP contribution in [-0.2, 0) is 10.0 Å². The van der Waals surface area contributed by atoms with Gasteiger partial charge in [0.2, 0.25) is 0 Å². The Balaban J connectivity index is 2.21. The zero-order valence-corrected chi connectivity index (χ0v) is 14.6. The minimum absolute atomic E-state index is 0.0563. The summed E-state index contributed by atoms with van der Waals surface area (Å²) in [5, 5.41) is 0. The second kappa shape index (κ2) is 7.06. The second-order valence-electron chi connectivity index (χ2n) is 5.40. The van der Waals surface area contributed by atoms with Gasteiger partial charge in [0.1, 0.15) is 0 Å². The van der Waals surface area contributed by atoms with E-state index >= 15 is 0 Å². The van der Waals surface area contributed by atoms with Crippen LogP contribution in [0.4, 0.5) is 18.9 Å². The lowest BCUT2D eigenvalue weighted by Crippen LogP contribution is -2.13. The van der Waals surface area contributed by atoms with Gasteiger partial charge in [0.25, 0.3) is 10.0 Å². The first kappa shape index (κ1) is 18.7. The van der Waals surface area contributed by atoms with Crippen molar-refractivity contribution in [2.24, 2.45) is 0 Å². The SMILES string of the molecule is CC(C)c1ccc(S(=O)(=O)Nc2cccc(SC(F)(F)F)c2)cc1. The van der Waals surface area contributed by atoms with E-state index in [0.717, 1.165) is 11.6 Å². The summed E-state index contributed by atoms with van der Waals surface area (Å²) in [5.74, 6) is 0.269. The third-order valence-electron chi connectivity index (χ3n) is 3.18. The molecule has 0 aromatic heterocycles. The zero-order chi connectivity index (χ0) is 18.0. The van der Waals surface area contributed by atoms with Crippen molar-refractivity contribution >= 4 is 27.5 Å². The summed E-state index contributed by atoms with van der Waals surface area (Å²) in [7, 11) is -3.86. The number of thioether (sulfide) groups is 1. The molecule has 0 saturated heterocycles. The monoisotopic (exact) mass is 375 g/mol. The molecule has 1 N–H and O–H groups in total. The van der Waals surface area contributed by atoms with Crippen molar-refractivity contribution in [2.45, 2.75) is 35.1 Å². The van der Waals surface area contributed by atoms with Crippen LogP contribution in [0, 0.1) is 0 Å². The number of benzene rings is 2. The Morgan fingerprint density at radius 2 is 1.67 bits per heavy atom. The standard InChI is InChI=1S/C16H16F3NO2S2/c1-11(2)12-6-8-15(9-7-12)24(21,22)20-13-4-3-5-14(10-13)23-16(17,18)19/h3-11,20H,1-2H3. The lowest BCUT2D eigenvalue weighted by atomic mass is 10.0. The average Bonchev–Trinajstić information content (AvgIpc) is 2.45. The van der Waals surface area contributed by atoms with Gasteiger partial charge in [-0.05, 0) is 53.6 Å². The van der Waals surface area contributed by atoms with Gasteiger partial charge in [-0.1, -0.05) is 32.0 Å². The maximum Gasteiger partial charge on any atom is 0.446 e. The molecule has 8 heteroatoms. The predicted molar refractivity (Wildman–Crippen MR) is 89.7 cm³/mol. The van der Waals surface area contributed by atoms with Gasteiger partial charge >= 0.3 is 5.51 Å². The maximum absolute atomic E-state index is 12.4. The molecule has 24 heavy (non-hydrogen) atoms. The molecule has 2 rings (SSSR count). The van der Waals surface area contributed by atoms with E-state index in [1.165, 1.54) is 30.3 Å². The van der Waals surface area contributed by atoms with Gasteiger partial charge < -0.3 is 0 Å². The Bertz CT molecular complexity index is 801. The van der Waals surface area contributed by atoms with E-state index in [1.807, 2.05) is 13.8 Å². The van der Waals surface area contributed by atoms with Crippen molar-refractivity contribution < 1.29 is 21.6 Å². The fourth-order valence-electron chi connectivity index (χ4n) is 2.00. The smallest absolute Gasteiger partial charge is 0.280 e. The van der Waals surface area contributed by atoms with Crippen LogP contribution in [0.2, 0.25) is 0 Å². The molecular weight excluding hydrogens is 359 g/mol. The first-order chi connectivity index (χ1) is 11.1. The normalized spacial score (nSPS) is 12.4. The van der Waals surface area contributed by atoms with E-state index in [0.29, 0.717) is 0 Å². The quantitative estimate of drug-likeness (QED) is 0.729. The van der Waals surface area contributed by atoms with Crippen LogP contribution in [0.15, 0.2) is 58.3 Å². The van der Waals surface area contributed by atoms with Crippen molar-refractivity contribution in [1.82, 2.24) is 0 Å². The Kier molecular flexibility index (Phi) is 5.49. The third-order valence-corrected chi connectivity index (χ3v) is 5.30. The van der Waals surface area contributed by atoms with Crippen LogP contribution in [0.25, 0.3) is 0 Å². The summed E-state index contributed by atoms with van der Waals surface area (Å²) >= 11 is -0.293. The third kappa shape index (κ3) is 5.17. The number of halogens is 3. The number of rotatable bonds is 5. The molecule has 0 amide bonds. The number of sulfonamides is 1. The number of hydrogen-bond donors (Lipinski definition) is 1. The minimum Gasteiger partial charge on any atom is -0.280 e. The molecule has 0 bridgehead atoms. The molecule has 130 valence electrons. The summed E-state index contributed by atoms with van der Waals surface area (Å²) in [6.45, 7) is 3.98. The molecule has 2 aromatic rings. The molecule has 0 spiro atoms. The highest BCUT2D eigenvalue weighted by molar-refractivity contribution is 8.00. The molecule has 3 nitrogen and oxygen atoms in total. The van der Waals surface area contributed by atoms with Crippen molar-refractivity contribution in [2.75, 3.05) is 4.72 Å². The summed E-state index contributed by atoms with van der Waals surface area (Å²) < 4.78 is 64.2. The van der Waals surface area contributed by atoms with Gasteiger partial charge in [-0.3, -0.25) is 4.72 Å². The van der Waals surface area contributed by atoms with Crippen LogP contribution < -0.4 is 4.72 Å². The second-order valence-corrected chi connectivity index (χ2v) is 8.23. The molecule has 0 atom stereocenters. The van der Waals surface area contributed by atoms with Crippen LogP contribution >= 0.6 is 11.8 Å². The largest absolute Gasteiger partial charge is 0.446 e. The van der Waals surface area contributed by atoms with Crippen LogP contribution in [0.3, 0.4) is 0 Å². The summed E-state index contributed by atoms with van der Waals surface area (Å²) in [5.41, 5.74) is -3.35. The van der Waals surface area contributed by atoms with E-state index in [2.05, 4.69) is 4.72 Å². The summed E-state index contributed by atoms with van der Waals surface area (Å²) in [6, 6.07) is 11.6. The van der Waals surface area contributed by atoms with Crippen LogP contribution in [0.5, 0.6) is 0 Å².